The van der Waals surface area contributed by atoms with Gasteiger partial charge in [0.05, 0.1) is 5.56 Å². The van der Waals surface area contributed by atoms with Crippen molar-refractivity contribution >= 4 is 11.7 Å². The summed E-state index contributed by atoms with van der Waals surface area (Å²) < 4.78 is 38.9. The van der Waals surface area contributed by atoms with Gasteiger partial charge < -0.3 is 15.5 Å². The van der Waals surface area contributed by atoms with Crippen molar-refractivity contribution in [2.75, 3.05) is 11.9 Å². The van der Waals surface area contributed by atoms with Crippen LogP contribution >= 0.6 is 0 Å². The second-order valence-corrected chi connectivity index (χ2v) is 12.0. The van der Waals surface area contributed by atoms with Gasteiger partial charge in [-0.25, -0.2) is 4.79 Å². The van der Waals surface area contributed by atoms with E-state index in [9.17, 15) is 18.0 Å². The van der Waals surface area contributed by atoms with Gasteiger partial charge >= 0.3 is 12.2 Å². The summed E-state index contributed by atoms with van der Waals surface area (Å²) in [5.74, 6) is 0.433. The van der Waals surface area contributed by atoms with E-state index in [0.717, 1.165) is 48.2 Å². The Bertz CT molecular complexity index is 1260. The highest BCUT2D eigenvalue weighted by atomic mass is 19.4. The van der Waals surface area contributed by atoms with E-state index in [1.807, 2.05) is 0 Å². The van der Waals surface area contributed by atoms with Crippen LogP contribution in [-0.2, 0) is 19.3 Å². The Morgan fingerprint density at radius 3 is 1.83 bits per heavy atom. The first kappa shape index (κ1) is 30.1. The van der Waals surface area contributed by atoms with Crippen molar-refractivity contribution < 1.29 is 18.0 Å². The molecule has 0 aromatic heterocycles. The molecule has 0 radical (unpaired) electrons. The number of nitrogens with one attached hydrogen (secondary N) is 2. The van der Waals surface area contributed by atoms with Crippen LogP contribution in [0.1, 0.15) is 80.9 Å². The number of hydrogen-bond donors (Lipinski definition) is 2. The Morgan fingerprint density at radius 2 is 1.26 bits per heavy atom. The molecule has 0 spiro atoms. The summed E-state index contributed by atoms with van der Waals surface area (Å²) in [7, 11) is 0. The van der Waals surface area contributed by atoms with Crippen molar-refractivity contribution in [3.05, 3.63) is 89.5 Å². The molecule has 0 bridgehead atoms. The second kappa shape index (κ2) is 14.2. The Morgan fingerprint density at radius 1 is 0.714 bits per heavy atom. The fourth-order valence-corrected chi connectivity index (χ4v) is 6.25. The molecule has 0 atom stereocenters. The molecule has 224 valence electrons. The number of urea groups is 1. The molecule has 0 saturated heterocycles. The smallest absolute Gasteiger partial charge is 0.320 e. The highest BCUT2D eigenvalue weighted by Gasteiger charge is 2.30. The topological polar surface area (TPSA) is 44.4 Å². The minimum atomic E-state index is -4.41. The number of amides is 2. The maximum Gasteiger partial charge on any atom is 0.416 e. The number of benzene rings is 3. The van der Waals surface area contributed by atoms with Crippen LogP contribution in [0.4, 0.5) is 23.7 Å². The molecule has 2 fully saturated rings. The molecule has 3 aromatic rings. The quantitative estimate of drug-likeness (QED) is 0.266. The molecule has 2 saturated carbocycles. The molecule has 7 heteroatoms. The van der Waals surface area contributed by atoms with Gasteiger partial charge in [0.2, 0.25) is 0 Å². The van der Waals surface area contributed by atoms with Gasteiger partial charge in [-0.05, 0) is 78.1 Å². The Kier molecular flexibility index (Phi) is 10.2. The average molecular weight is 578 g/mol. The standard InChI is InChI=1S/C35H42F3N3O/c36-35(37,38)31-19-21-33(22-20-31)40-34(42)41(24-27-7-3-1-4-8-27)25-28-13-17-30(18-14-28)29-15-11-26(12-16-29)23-39-32-9-5-2-6-10-32/h11-22,27,32,39H,1-10,23-25H2,(H,40,42). The summed E-state index contributed by atoms with van der Waals surface area (Å²) in [6, 6.07) is 22.0. The number of halogens is 3. The molecule has 2 aliphatic carbocycles. The summed E-state index contributed by atoms with van der Waals surface area (Å²) in [6.45, 7) is 1.97. The lowest BCUT2D eigenvalue weighted by Gasteiger charge is -2.30. The van der Waals surface area contributed by atoms with E-state index < -0.39 is 11.7 Å². The van der Waals surface area contributed by atoms with E-state index >= 15 is 0 Å². The van der Waals surface area contributed by atoms with Gasteiger partial charge in [-0.15, -0.1) is 0 Å². The third-order valence-electron chi connectivity index (χ3n) is 8.77. The molecule has 4 nitrogen and oxygen atoms in total. The van der Waals surface area contributed by atoms with E-state index in [2.05, 4.69) is 59.2 Å². The van der Waals surface area contributed by atoms with E-state index in [0.29, 0.717) is 30.7 Å². The molecule has 2 N–H and O–H groups in total. The van der Waals surface area contributed by atoms with E-state index in [1.165, 1.54) is 69.1 Å². The predicted molar refractivity (Wildman–Crippen MR) is 163 cm³/mol. The van der Waals surface area contributed by atoms with Crippen LogP contribution in [-0.4, -0.2) is 23.5 Å². The zero-order valence-electron chi connectivity index (χ0n) is 24.3. The zero-order chi connectivity index (χ0) is 29.4. The summed E-state index contributed by atoms with van der Waals surface area (Å²) in [5.41, 5.74) is 4.21. The molecule has 0 unspecified atom stereocenters. The predicted octanol–water partition coefficient (Wildman–Crippen LogP) is 9.41. The minimum absolute atomic E-state index is 0.290. The van der Waals surface area contributed by atoms with Crippen molar-refractivity contribution in [2.45, 2.75) is 89.5 Å². The lowest BCUT2D eigenvalue weighted by atomic mass is 9.89. The lowest BCUT2D eigenvalue weighted by Crippen LogP contribution is -2.38. The van der Waals surface area contributed by atoms with Crippen molar-refractivity contribution in [1.29, 1.82) is 0 Å². The number of hydrogen-bond acceptors (Lipinski definition) is 2. The van der Waals surface area contributed by atoms with Gasteiger partial charge in [-0.2, -0.15) is 13.2 Å². The highest BCUT2D eigenvalue weighted by Crippen LogP contribution is 2.30. The van der Waals surface area contributed by atoms with E-state index in [-0.39, 0.29) is 6.03 Å². The number of carbonyl (C=O) groups is 1. The van der Waals surface area contributed by atoms with Gasteiger partial charge in [0.15, 0.2) is 0 Å². The molecule has 42 heavy (non-hydrogen) atoms. The summed E-state index contributed by atoms with van der Waals surface area (Å²) in [6.07, 6.45) is 7.92. The van der Waals surface area contributed by atoms with Crippen LogP contribution in [0.2, 0.25) is 0 Å². The Balaban J connectivity index is 1.21. The molecular weight excluding hydrogens is 535 g/mol. The van der Waals surface area contributed by atoms with Gasteiger partial charge in [-0.1, -0.05) is 87.1 Å². The molecule has 5 rings (SSSR count). The summed E-state index contributed by atoms with van der Waals surface area (Å²) in [4.78, 5) is 15.1. The number of carbonyl (C=O) groups excluding carboxylic acids is 1. The molecule has 0 heterocycles. The van der Waals surface area contributed by atoms with Crippen LogP contribution in [0.15, 0.2) is 72.8 Å². The Labute approximate surface area is 247 Å². The van der Waals surface area contributed by atoms with E-state index in [4.69, 9.17) is 0 Å². The first-order valence-electron chi connectivity index (χ1n) is 15.5. The number of anilines is 1. The lowest BCUT2D eigenvalue weighted by molar-refractivity contribution is -0.137. The number of nitrogens with zero attached hydrogens (tertiary/aromatic N) is 1. The van der Waals surface area contributed by atoms with Crippen LogP contribution in [0.5, 0.6) is 0 Å². The third kappa shape index (κ3) is 8.60. The molecule has 2 amide bonds. The van der Waals surface area contributed by atoms with Crippen molar-refractivity contribution in [3.63, 3.8) is 0 Å². The van der Waals surface area contributed by atoms with Gasteiger partial charge in [0, 0.05) is 31.4 Å². The molecular formula is C35H42F3N3O. The fraction of sp³-hybridized carbons (Fsp3) is 0.457. The van der Waals surface area contributed by atoms with Crippen LogP contribution in [0.25, 0.3) is 11.1 Å². The number of alkyl halides is 3. The van der Waals surface area contributed by atoms with E-state index in [1.54, 1.807) is 4.90 Å². The number of rotatable bonds is 9. The summed E-state index contributed by atoms with van der Waals surface area (Å²) >= 11 is 0. The van der Waals surface area contributed by atoms with Crippen LogP contribution in [0, 0.1) is 5.92 Å². The third-order valence-corrected chi connectivity index (χ3v) is 8.77. The normalized spacial score (nSPS) is 16.7. The summed E-state index contributed by atoms with van der Waals surface area (Å²) in [5, 5.41) is 6.52. The van der Waals surface area contributed by atoms with Gasteiger partial charge in [-0.3, -0.25) is 0 Å². The second-order valence-electron chi connectivity index (χ2n) is 12.0. The van der Waals surface area contributed by atoms with Crippen molar-refractivity contribution in [3.8, 4) is 11.1 Å². The van der Waals surface area contributed by atoms with Crippen molar-refractivity contribution in [1.82, 2.24) is 10.2 Å². The largest absolute Gasteiger partial charge is 0.416 e. The monoisotopic (exact) mass is 577 g/mol. The van der Waals surface area contributed by atoms with Gasteiger partial charge in [0.25, 0.3) is 0 Å². The first-order valence-corrected chi connectivity index (χ1v) is 15.5. The molecule has 3 aromatic carbocycles. The van der Waals surface area contributed by atoms with Crippen LogP contribution < -0.4 is 10.6 Å². The van der Waals surface area contributed by atoms with Gasteiger partial charge in [0.1, 0.15) is 0 Å². The maximum absolute atomic E-state index is 13.3. The molecule has 0 aliphatic heterocycles. The zero-order valence-corrected chi connectivity index (χ0v) is 24.3. The minimum Gasteiger partial charge on any atom is -0.320 e. The fourth-order valence-electron chi connectivity index (χ4n) is 6.25. The van der Waals surface area contributed by atoms with Crippen LogP contribution in [0.3, 0.4) is 0 Å². The Hall–Kier alpha value is -3.32. The van der Waals surface area contributed by atoms with Crippen molar-refractivity contribution in [2.24, 2.45) is 5.92 Å². The first-order chi connectivity index (χ1) is 20.3. The SMILES string of the molecule is O=C(Nc1ccc(C(F)(F)F)cc1)N(Cc1ccc(-c2ccc(CNC3CCCCC3)cc2)cc1)CC1CCCCC1. The highest BCUT2D eigenvalue weighted by molar-refractivity contribution is 5.89. The molecule has 2 aliphatic rings. The maximum atomic E-state index is 13.3. The average Bonchev–Trinajstić information content (AvgIpc) is 3.01.